The van der Waals surface area contributed by atoms with Crippen molar-refractivity contribution in [2.45, 2.75) is 6.42 Å². The number of aromatic amines is 1. The van der Waals surface area contributed by atoms with Crippen molar-refractivity contribution in [2.24, 2.45) is 0 Å². The molecular weight excluding hydrogens is 234 g/mol. The number of allylic oxidation sites excluding steroid dienone is 1. The van der Waals surface area contributed by atoms with E-state index < -0.39 is 0 Å². The van der Waals surface area contributed by atoms with Crippen LogP contribution in [-0.2, 0) is 6.42 Å². The predicted molar refractivity (Wildman–Crippen MR) is 68.3 cm³/mol. The van der Waals surface area contributed by atoms with E-state index in [1.807, 2.05) is 6.20 Å². The molecule has 0 radical (unpaired) electrons. The zero-order valence-corrected chi connectivity index (χ0v) is 9.54. The Bertz CT molecular complexity index is 844. The highest BCUT2D eigenvalue weighted by atomic mass is 32.1. The predicted octanol–water partition coefficient (Wildman–Crippen LogP) is 2.10. The molecule has 0 spiro atoms. The van der Waals surface area contributed by atoms with Gasteiger partial charge in [-0.3, -0.25) is 4.79 Å². The minimum absolute atomic E-state index is 0.0855. The van der Waals surface area contributed by atoms with Gasteiger partial charge in [0.15, 0.2) is 0 Å². The summed E-state index contributed by atoms with van der Waals surface area (Å²) in [7, 11) is 0. The Hall–Kier alpha value is -2.01. The average Bonchev–Trinajstić information content (AvgIpc) is 2.91. The van der Waals surface area contributed by atoms with Gasteiger partial charge in [-0.25, -0.2) is 9.97 Å². The Morgan fingerprint density at radius 3 is 3.24 bits per heavy atom. The van der Waals surface area contributed by atoms with Crippen molar-refractivity contribution in [2.75, 3.05) is 0 Å². The maximum atomic E-state index is 11.7. The zero-order valence-electron chi connectivity index (χ0n) is 8.73. The summed E-state index contributed by atoms with van der Waals surface area (Å²) in [6, 6.07) is 0. The highest BCUT2D eigenvalue weighted by Gasteiger charge is 2.17. The number of nitrogens with zero attached hydrogens (tertiary/aromatic N) is 2. The van der Waals surface area contributed by atoms with Crippen LogP contribution in [0.25, 0.3) is 26.5 Å². The van der Waals surface area contributed by atoms with Crippen molar-refractivity contribution >= 4 is 37.8 Å². The summed E-state index contributed by atoms with van der Waals surface area (Å²) in [5, 5.41) is 1.04. The highest BCUT2D eigenvalue weighted by Crippen LogP contribution is 2.35. The summed E-state index contributed by atoms with van der Waals surface area (Å²) < 4.78 is 0.662. The highest BCUT2D eigenvalue weighted by molar-refractivity contribution is 7.25. The molecule has 0 bridgehead atoms. The lowest BCUT2D eigenvalue weighted by atomic mass is 10.1. The van der Waals surface area contributed by atoms with Crippen LogP contribution in [-0.4, -0.2) is 15.0 Å². The van der Waals surface area contributed by atoms with Crippen LogP contribution in [0.4, 0.5) is 0 Å². The number of rotatable bonds is 0. The van der Waals surface area contributed by atoms with Gasteiger partial charge in [0.1, 0.15) is 9.53 Å². The van der Waals surface area contributed by atoms with E-state index in [0.717, 1.165) is 27.7 Å². The first-order chi connectivity index (χ1) is 8.34. The summed E-state index contributed by atoms with van der Waals surface area (Å²) in [5.74, 6) is 0. The molecule has 0 atom stereocenters. The van der Waals surface area contributed by atoms with Gasteiger partial charge in [-0.15, -0.1) is 11.3 Å². The SMILES string of the molecule is O=c1[nH]cnc2c1sc1ncc3c(c12)CC=C3. The number of nitrogens with one attached hydrogen (secondary N) is 1. The second-order valence-electron chi connectivity index (χ2n) is 3.99. The van der Waals surface area contributed by atoms with Crippen molar-refractivity contribution in [3.05, 3.63) is 40.1 Å². The molecule has 0 aliphatic heterocycles. The van der Waals surface area contributed by atoms with Crippen LogP contribution in [0.15, 0.2) is 23.4 Å². The Kier molecular flexibility index (Phi) is 1.61. The Balaban J connectivity index is 2.32. The van der Waals surface area contributed by atoms with Gasteiger partial charge in [-0.2, -0.15) is 0 Å². The fourth-order valence-corrected chi connectivity index (χ4v) is 3.31. The third-order valence-electron chi connectivity index (χ3n) is 3.05. The molecule has 0 aromatic carbocycles. The molecular formula is C12H7N3OS. The van der Waals surface area contributed by atoms with Crippen LogP contribution in [0.2, 0.25) is 0 Å². The summed E-state index contributed by atoms with van der Waals surface area (Å²) in [6.45, 7) is 0. The minimum atomic E-state index is -0.0855. The average molecular weight is 241 g/mol. The maximum absolute atomic E-state index is 11.7. The van der Waals surface area contributed by atoms with E-state index in [-0.39, 0.29) is 5.56 Å². The van der Waals surface area contributed by atoms with E-state index in [4.69, 9.17) is 0 Å². The van der Waals surface area contributed by atoms with E-state index in [2.05, 4.69) is 27.1 Å². The Morgan fingerprint density at radius 2 is 2.29 bits per heavy atom. The summed E-state index contributed by atoms with van der Waals surface area (Å²) in [6.07, 6.45) is 8.40. The molecule has 1 aliphatic carbocycles. The Morgan fingerprint density at radius 1 is 1.35 bits per heavy atom. The molecule has 5 heteroatoms. The number of thiophene rings is 1. The topological polar surface area (TPSA) is 58.6 Å². The number of fused-ring (bicyclic) bond motifs is 5. The molecule has 4 rings (SSSR count). The molecule has 82 valence electrons. The van der Waals surface area contributed by atoms with Gasteiger partial charge in [0.2, 0.25) is 0 Å². The van der Waals surface area contributed by atoms with Crippen molar-refractivity contribution < 1.29 is 0 Å². The van der Waals surface area contributed by atoms with Gasteiger partial charge in [0.05, 0.1) is 11.8 Å². The Labute approximate surface area is 99.7 Å². The van der Waals surface area contributed by atoms with Crippen LogP contribution < -0.4 is 5.56 Å². The molecule has 17 heavy (non-hydrogen) atoms. The normalized spacial score (nSPS) is 13.6. The second-order valence-corrected chi connectivity index (χ2v) is 4.99. The van der Waals surface area contributed by atoms with Crippen molar-refractivity contribution in [1.82, 2.24) is 15.0 Å². The number of hydrogen-bond acceptors (Lipinski definition) is 4. The van der Waals surface area contributed by atoms with Gasteiger partial charge >= 0.3 is 0 Å². The molecule has 0 saturated carbocycles. The minimum Gasteiger partial charge on any atom is -0.312 e. The lowest BCUT2D eigenvalue weighted by Crippen LogP contribution is -2.03. The molecule has 1 N–H and O–H groups in total. The fourth-order valence-electron chi connectivity index (χ4n) is 2.29. The van der Waals surface area contributed by atoms with Crippen LogP contribution >= 0.6 is 11.3 Å². The summed E-state index contributed by atoms with van der Waals surface area (Å²) in [5.41, 5.74) is 3.07. The lowest BCUT2D eigenvalue weighted by molar-refractivity contribution is 1.18. The van der Waals surface area contributed by atoms with Gasteiger partial charge in [0.25, 0.3) is 5.56 Å². The zero-order chi connectivity index (χ0) is 11.4. The number of pyridine rings is 1. The smallest absolute Gasteiger partial charge is 0.268 e. The largest absolute Gasteiger partial charge is 0.312 e. The molecule has 0 unspecified atom stereocenters. The van der Waals surface area contributed by atoms with E-state index >= 15 is 0 Å². The number of aromatic nitrogens is 3. The molecule has 3 aromatic heterocycles. The van der Waals surface area contributed by atoms with Gasteiger partial charge in [-0.05, 0) is 17.5 Å². The van der Waals surface area contributed by atoms with E-state index in [1.54, 1.807) is 0 Å². The first-order valence-electron chi connectivity index (χ1n) is 5.29. The van der Waals surface area contributed by atoms with Crippen molar-refractivity contribution in [3.63, 3.8) is 0 Å². The third-order valence-corrected chi connectivity index (χ3v) is 4.14. The van der Waals surface area contributed by atoms with Crippen LogP contribution in [0.3, 0.4) is 0 Å². The molecule has 3 aromatic rings. The number of hydrogen-bond donors (Lipinski definition) is 1. The molecule has 0 amide bonds. The van der Waals surface area contributed by atoms with Gasteiger partial charge in [0, 0.05) is 11.6 Å². The van der Waals surface area contributed by atoms with Gasteiger partial charge in [-0.1, -0.05) is 12.2 Å². The number of H-pyrrole nitrogens is 1. The molecule has 0 fully saturated rings. The van der Waals surface area contributed by atoms with Crippen LogP contribution in [0.5, 0.6) is 0 Å². The summed E-state index contributed by atoms with van der Waals surface area (Å²) >= 11 is 1.41. The fraction of sp³-hybridized carbons (Fsp3) is 0.0833. The van der Waals surface area contributed by atoms with Crippen molar-refractivity contribution in [1.29, 1.82) is 0 Å². The molecule has 1 aliphatic rings. The molecule has 4 nitrogen and oxygen atoms in total. The van der Waals surface area contributed by atoms with Gasteiger partial charge < -0.3 is 4.98 Å². The second kappa shape index (κ2) is 3.01. The molecule has 0 saturated heterocycles. The summed E-state index contributed by atoms with van der Waals surface area (Å²) in [4.78, 5) is 23.9. The van der Waals surface area contributed by atoms with E-state index in [1.165, 1.54) is 23.2 Å². The van der Waals surface area contributed by atoms with Crippen LogP contribution in [0, 0.1) is 0 Å². The van der Waals surface area contributed by atoms with E-state index in [0.29, 0.717) is 4.70 Å². The van der Waals surface area contributed by atoms with E-state index in [9.17, 15) is 4.79 Å². The van der Waals surface area contributed by atoms with Crippen LogP contribution in [0.1, 0.15) is 11.1 Å². The first kappa shape index (κ1) is 9.07. The third kappa shape index (κ3) is 1.09. The quantitative estimate of drug-likeness (QED) is 0.655. The lowest BCUT2D eigenvalue weighted by Gasteiger charge is -1.99. The van der Waals surface area contributed by atoms with Crippen molar-refractivity contribution in [3.8, 4) is 0 Å². The maximum Gasteiger partial charge on any atom is 0.268 e. The monoisotopic (exact) mass is 241 g/mol. The standard InChI is InChI=1S/C12H7N3OS/c16-11-10-9(14-5-15-11)8-7-3-1-2-6(7)4-13-12(8)17-10/h1-2,4-5H,3H2,(H,14,15,16). The molecule has 3 heterocycles. The first-order valence-corrected chi connectivity index (χ1v) is 6.10.